The van der Waals surface area contributed by atoms with E-state index >= 15 is 0 Å². The summed E-state index contributed by atoms with van der Waals surface area (Å²) in [5.41, 5.74) is 4.96. The Morgan fingerprint density at radius 3 is 3.00 bits per heavy atom. The third-order valence-corrected chi connectivity index (χ3v) is 1.68. The van der Waals surface area contributed by atoms with E-state index in [1.54, 1.807) is 0 Å². The van der Waals surface area contributed by atoms with Crippen LogP contribution in [0.15, 0.2) is 4.99 Å². The van der Waals surface area contributed by atoms with Crippen molar-refractivity contribution in [2.45, 2.75) is 6.42 Å². The summed E-state index contributed by atoms with van der Waals surface area (Å²) in [7, 11) is 0. The number of nitrogens with zero attached hydrogens (tertiary/aromatic N) is 2. The van der Waals surface area contributed by atoms with Crippen molar-refractivity contribution in [3.05, 3.63) is 0 Å². The van der Waals surface area contributed by atoms with Crippen molar-refractivity contribution >= 4 is 24.8 Å². The molecule has 0 unspecified atom stereocenters. The number of hydrogen-bond donors (Lipinski definition) is 3. The van der Waals surface area contributed by atoms with Gasteiger partial charge in [-0.1, -0.05) is 12.8 Å². The van der Waals surface area contributed by atoms with Crippen LogP contribution in [-0.2, 0) is 0 Å². The van der Waals surface area contributed by atoms with Crippen LogP contribution in [0.5, 0.6) is 0 Å². The summed E-state index contributed by atoms with van der Waals surface area (Å²) in [5, 5.41) is 2.90. The minimum atomic E-state index is -0.624. The molecule has 2 amide bonds. The number of urea groups is 1. The second kappa shape index (κ2) is 3.47. The fraction of sp³-hybridized carbons (Fsp3) is 0.600. The molecule has 1 rings (SSSR count). The molecule has 0 aromatic rings. The molecule has 3 N–H and O–H groups in total. The molecule has 0 radical (unpaired) electrons. The topological polar surface area (TPSA) is 70.7 Å². The minimum Gasteiger partial charge on any atom is -0.355 e. The number of hydrogen-bond acceptors (Lipinski definition) is 4. The van der Waals surface area contributed by atoms with Crippen molar-refractivity contribution in [1.82, 2.24) is 9.62 Å². The third kappa shape index (κ3) is 2.01. The Kier molecular flexibility index (Phi) is 2.58. The number of nitrogens with one attached hydrogen (secondary N) is 1. The molecule has 0 saturated carbocycles. The summed E-state index contributed by atoms with van der Waals surface area (Å²) in [6, 6.07) is -0.624. The smallest absolute Gasteiger partial charge is 0.331 e. The first-order valence-corrected chi connectivity index (χ1v) is 3.68. The highest BCUT2D eigenvalue weighted by molar-refractivity contribution is 7.79. The summed E-state index contributed by atoms with van der Waals surface area (Å²) in [6.45, 7) is 1.52. The summed E-state index contributed by atoms with van der Waals surface area (Å²) >= 11 is 3.83. The van der Waals surface area contributed by atoms with Crippen LogP contribution in [-0.4, -0.2) is 29.4 Å². The predicted octanol–water partition coefficient (Wildman–Crippen LogP) is -0.439. The van der Waals surface area contributed by atoms with Gasteiger partial charge in [-0.2, -0.15) is 0 Å². The highest BCUT2D eigenvalue weighted by atomic mass is 32.1. The molecule has 0 aromatic carbocycles. The maximum atomic E-state index is 10.5. The predicted molar refractivity (Wildman–Crippen MR) is 45.3 cm³/mol. The summed E-state index contributed by atoms with van der Waals surface area (Å²) in [6.07, 6.45) is 0.976. The first-order valence-electron chi connectivity index (χ1n) is 3.28. The van der Waals surface area contributed by atoms with Gasteiger partial charge in [0.15, 0.2) is 0 Å². The minimum absolute atomic E-state index is 0.437. The third-order valence-electron chi connectivity index (χ3n) is 1.29. The molecule has 62 valence electrons. The van der Waals surface area contributed by atoms with Crippen molar-refractivity contribution < 1.29 is 4.79 Å². The van der Waals surface area contributed by atoms with Crippen molar-refractivity contribution in [3.63, 3.8) is 0 Å². The van der Waals surface area contributed by atoms with E-state index in [2.05, 4.69) is 23.1 Å². The van der Waals surface area contributed by atoms with Gasteiger partial charge >= 0.3 is 6.03 Å². The molecule has 1 aliphatic rings. The highest BCUT2D eigenvalue weighted by Gasteiger charge is 2.13. The van der Waals surface area contributed by atoms with Crippen molar-refractivity contribution in [2.75, 3.05) is 13.1 Å². The van der Waals surface area contributed by atoms with Gasteiger partial charge in [0.25, 0.3) is 0 Å². The van der Waals surface area contributed by atoms with Crippen molar-refractivity contribution in [1.29, 1.82) is 0 Å². The Hall–Kier alpha value is -0.910. The summed E-state index contributed by atoms with van der Waals surface area (Å²) in [4.78, 5) is 14.6. The highest BCUT2D eigenvalue weighted by Crippen LogP contribution is 1.98. The molecule has 0 spiro atoms. The molecule has 11 heavy (non-hydrogen) atoms. The van der Waals surface area contributed by atoms with E-state index in [-0.39, 0.29) is 0 Å². The molecule has 1 heterocycles. The van der Waals surface area contributed by atoms with Crippen LogP contribution in [0.1, 0.15) is 6.42 Å². The maximum absolute atomic E-state index is 10.5. The van der Waals surface area contributed by atoms with Crippen LogP contribution in [0, 0.1) is 0 Å². The molecule has 1 aliphatic heterocycles. The number of amides is 2. The Morgan fingerprint density at radius 1 is 1.82 bits per heavy atom. The van der Waals surface area contributed by atoms with Crippen LogP contribution in [0.3, 0.4) is 0 Å². The van der Waals surface area contributed by atoms with Gasteiger partial charge < -0.3 is 11.1 Å². The molecule has 6 heteroatoms. The van der Waals surface area contributed by atoms with Crippen LogP contribution >= 0.6 is 12.8 Å². The van der Waals surface area contributed by atoms with Crippen LogP contribution in [0.25, 0.3) is 0 Å². The maximum Gasteiger partial charge on any atom is 0.331 e. The molecule has 0 aromatic heterocycles. The molecule has 0 aliphatic carbocycles. The molecule has 0 saturated heterocycles. The Morgan fingerprint density at radius 2 is 2.55 bits per heavy atom. The SMILES string of the molecule is NC(=O)N(S)C1=NCCCN1. The van der Waals surface area contributed by atoms with E-state index in [0.717, 1.165) is 17.3 Å². The van der Waals surface area contributed by atoms with Gasteiger partial charge in [-0.3, -0.25) is 4.99 Å². The number of carbonyl (C=O) groups is 1. The fourth-order valence-corrected chi connectivity index (χ4v) is 0.900. The van der Waals surface area contributed by atoms with Gasteiger partial charge in [0.1, 0.15) is 0 Å². The van der Waals surface area contributed by atoms with E-state index in [4.69, 9.17) is 5.73 Å². The lowest BCUT2D eigenvalue weighted by atomic mass is 10.4. The molecule has 0 bridgehead atoms. The van der Waals surface area contributed by atoms with Gasteiger partial charge in [0.2, 0.25) is 5.96 Å². The lowest BCUT2D eigenvalue weighted by molar-refractivity contribution is 0.244. The monoisotopic (exact) mass is 174 g/mol. The van der Waals surface area contributed by atoms with Crippen molar-refractivity contribution in [3.8, 4) is 0 Å². The fourth-order valence-electron chi connectivity index (χ4n) is 0.766. The molecular weight excluding hydrogens is 164 g/mol. The van der Waals surface area contributed by atoms with E-state index in [0.29, 0.717) is 12.5 Å². The largest absolute Gasteiger partial charge is 0.355 e. The van der Waals surface area contributed by atoms with Crippen LogP contribution in [0.4, 0.5) is 4.79 Å². The number of aliphatic imine (C=N–C) groups is 1. The summed E-state index contributed by atoms with van der Waals surface area (Å²) < 4.78 is 0.999. The van der Waals surface area contributed by atoms with Gasteiger partial charge in [-0.15, -0.1) is 0 Å². The zero-order chi connectivity index (χ0) is 8.27. The number of nitrogens with two attached hydrogens (primary N) is 1. The number of rotatable bonds is 0. The Labute approximate surface area is 70.2 Å². The second-order valence-corrected chi connectivity index (χ2v) is 2.54. The first kappa shape index (κ1) is 8.19. The number of primary amides is 1. The molecule has 5 nitrogen and oxygen atoms in total. The number of thiol groups is 1. The van der Waals surface area contributed by atoms with Gasteiger partial charge in [-0.25, -0.2) is 9.10 Å². The molecule has 0 atom stereocenters. The number of guanidine groups is 1. The van der Waals surface area contributed by atoms with Gasteiger partial charge in [0.05, 0.1) is 0 Å². The average molecular weight is 174 g/mol. The zero-order valence-electron chi connectivity index (χ0n) is 5.95. The normalized spacial score (nSPS) is 16.6. The van der Waals surface area contributed by atoms with Crippen LogP contribution in [0.2, 0.25) is 0 Å². The molecule has 0 fully saturated rings. The Bertz CT molecular complexity index is 193. The first-order chi connectivity index (χ1) is 5.22. The Balaban J connectivity index is 2.58. The van der Waals surface area contributed by atoms with Crippen LogP contribution < -0.4 is 11.1 Å². The van der Waals surface area contributed by atoms with Crippen molar-refractivity contribution in [2.24, 2.45) is 10.7 Å². The van der Waals surface area contributed by atoms with E-state index < -0.39 is 6.03 Å². The summed E-state index contributed by atoms with van der Waals surface area (Å²) in [5.74, 6) is 0.437. The van der Waals surface area contributed by atoms with Gasteiger partial charge in [-0.05, 0) is 6.42 Å². The lowest BCUT2D eigenvalue weighted by Gasteiger charge is -2.19. The average Bonchev–Trinajstić information content (AvgIpc) is 2.05. The van der Waals surface area contributed by atoms with Gasteiger partial charge in [0, 0.05) is 13.1 Å². The standard InChI is InChI=1S/C5H10N4OS/c6-4(10)9(11)5-7-2-1-3-8-5/h11H,1-3H2,(H2,6,10)(H,7,8). The number of carbonyl (C=O) groups excluding carboxylic acids is 1. The lowest BCUT2D eigenvalue weighted by Crippen LogP contribution is -2.44. The van der Waals surface area contributed by atoms with E-state index in [1.807, 2.05) is 0 Å². The second-order valence-electron chi connectivity index (χ2n) is 2.14. The molecular formula is C5H10N4OS. The quantitative estimate of drug-likeness (QED) is 0.436. The zero-order valence-corrected chi connectivity index (χ0v) is 6.84. The van der Waals surface area contributed by atoms with E-state index in [9.17, 15) is 4.79 Å². The van der Waals surface area contributed by atoms with E-state index in [1.165, 1.54) is 0 Å².